The van der Waals surface area contributed by atoms with Gasteiger partial charge >= 0.3 is 6.18 Å². The summed E-state index contributed by atoms with van der Waals surface area (Å²) in [7, 11) is 1.74. The normalized spacial score (nSPS) is 26.5. The van der Waals surface area contributed by atoms with Gasteiger partial charge in [0.05, 0.1) is 12.7 Å². The fraction of sp³-hybridized carbons (Fsp3) is 0.650. The maximum Gasteiger partial charge on any atom is 0.411 e. The van der Waals surface area contributed by atoms with Crippen molar-refractivity contribution < 1.29 is 22.6 Å². The van der Waals surface area contributed by atoms with Crippen LogP contribution in [0, 0.1) is 11.3 Å². The minimum absolute atomic E-state index is 0.0577. The zero-order valence-corrected chi connectivity index (χ0v) is 16.5. The molecule has 1 aromatic rings. The van der Waals surface area contributed by atoms with Crippen molar-refractivity contribution in [1.82, 2.24) is 10.6 Å². The number of ether oxygens (including phenoxy) is 2. The minimum Gasteiger partial charge on any atom is -0.377 e. The van der Waals surface area contributed by atoms with E-state index in [-0.39, 0.29) is 12.0 Å². The van der Waals surface area contributed by atoms with Crippen LogP contribution >= 0.6 is 0 Å². The van der Waals surface area contributed by atoms with Crippen molar-refractivity contribution in [2.24, 2.45) is 16.3 Å². The van der Waals surface area contributed by atoms with E-state index in [2.05, 4.69) is 34.2 Å². The summed E-state index contributed by atoms with van der Waals surface area (Å²) in [5, 5.41) is 6.82. The Morgan fingerprint density at radius 2 is 1.93 bits per heavy atom. The molecule has 1 saturated heterocycles. The Morgan fingerprint density at radius 1 is 1.25 bits per heavy atom. The van der Waals surface area contributed by atoms with Crippen LogP contribution in [0.2, 0.25) is 0 Å². The summed E-state index contributed by atoms with van der Waals surface area (Å²) in [6, 6.07) is 7.62. The van der Waals surface area contributed by atoms with Crippen molar-refractivity contribution in [3.63, 3.8) is 0 Å². The number of halogens is 3. The predicted octanol–water partition coefficient (Wildman–Crippen LogP) is 3.24. The zero-order chi connectivity index (χ0) is 20.4. The summed E-state index contributed by atoms with van der Waals surface area (Å²) >= 11 is 0. The van der Waals surface area contributed by atoms with Crippen LogP contribution in [0.4, 0.5) is 13.2 Å². The smallest absolute Gasteiger partial charge is 0.377 e. The van der Waals surface area contributed by atoms with Crippen LogP contribution in [0.5, 0.6) is 0 Å². The van der Waals surface area contributed by atoms with Gasteiger partial charge in [0, 0.05) is 37.6 Å². The Kier molecular flexibility index (Phi) is 6.19. The van der Waals surface area contributed by atoms with Gasteiger partial charge in [-0.05, 0) is 17.5 Å². The molecule has 2 N–H and O–H groups in total. The molecule has 28 heavy (non-hydrogen) atoms. The second-order valence-electron chi connectivity index (χ2n) is 8.04. The van der Waals surface area contributed by atoms with Gasteiger partial charge in [0.15, 0.2) is 5.96 Å². The minimum atomic E-state index is -4.30. The molecule has 8 heteroatoms. The molecule has 1 aromatic carbocycles. The van der Waals surface area contributed by atoms with E-state index in [4.69, 9.17) is 4.74 Å². The van der Waals surface area contributed by atoms with E-state index >= 15 is 0 Å². The van der Waals surface area contributed by atoms with Gasteiger partial charge in [-0.15, -0.1) is 0 Å². The van der Waals surface area contributed by atoms with E-state index in [1.807, 2.05) is 12.1 Å². The zero-order valence-electron chi connectivity index (χ0n) is 16.5. The Hall–Kier alpha value is -1.80. The summed E-state index contributed by atoms with van der Waals surface area (Å²) in [4.78, 5) is 4.31. The molecule has 2 aliphatic rings. The third-order valence-corrected chi connectivity index (χ3v) is 5.63. The third-order valence-electron chi connectivity index (χ3n) is 5.63. The first-order valence-electron chi connectivity index (χ1n) is 9.52. The predicted molar refractivity (Wildman–Crippen MR) is 101 cm³/mol. The molecule has 3 unspecified atom stereocenters. The lowest BCUT2D eigenvalue weighted by Crippen LogP contribution is -2.67. The lowest BCUT2D eigenvalue weighted by molar-refractivity contribution is -0.176. The molecule has 1 aliphatic carbocycles. The van der Waals surface area contributed by atoms with Crippen LogP contribution < -0.4 is 10.6 Å². The summed E-state index contributed by atoms with van der Waals surface area (Å²) in [6.45, 7) is 4.53. The molecule has 3 rings (SSSR count). The molecule has 2 fully saturated rings. The van der Waals surface area contributed by atoms with E-state index in [0.29, 0.717) is 30.2 Å². The van der Waals surface area contributed by atoms with E-state index in [1.54, 1.807) is 19.2 Å². The number of nitrogens with zero attached hydrogens (tertiary/aromatic N) is 1. The van der Waals surface area contributed by atoms with E-state index in [0.717, 1.165) is 24.6 Å². The molecule has 156 valence electrons. The fourth-order valence-corrected chi connectivity index (χ4v) is 4.18. The molecule has 5 nitrogen and oxygen atoms in total. The monoisotopic (exact) mass is 399 g/mol. The molecule has 0 radical (unpaired) electrons. The Labute approximate surface area is 163 Å². The Bertz CT molecular complexity index is 689. The van der Waals surface area contributed by atoms with Crippen LogP contribution in [0.3, 0.4) is 0 Å². The number of aliphatic imine (C=N–C) groups is 1. The van der Waals surface area contributed by atoms with Gasteiger partial charge in [-0.2, -0.15) is 13.2 Å². The number of alkyl halides is 3. The quantitative estimate of drug-likeness (QED) is 0.570. The standard InChI is InChI=1S/C20H28F3N3O2/c1-19(2)16(15-8-9-28-17(15)19)26-18(24-3)25-10-13-4-6-14(7-5-13)11-27-12-20(21,22)23/h4-7,15-17H,8-12H2,1-3H3,(H2,24,25,26). The van der Waals surface area contributed by atoms with Crippen LogP contribution in [0.15, 0.2) is 29.3 Å². The molecule has 1 aliphatic heterocycles. The number of hydrogen-bond donors (Lipinski definition) is 2. The maximum atomic E-state index is 12.1. The van der Waals surface area contributed by atoms with Crippen LogP contribution in [0.1, 0.15) is 31.4 Å². The van der Waals surface area contributed by atoms with Gasteiger partial charge in [-0.3, -0.25) is 4.99 Å². The molecular weight excluding hydrogens is 371 g/mol. The van der Waals surface area contributed by atoms with Crippen molar-refractivity contribution in [2.75, 3.05) is 20.3 Å². The molecule has 0 amide bonds. The summed E-state index contributed by atoms with van der Waals surface area (Å²) < 4.78 is 46.8. The van der Waals surface area contributed by atoms with Gasteiger partial charge in [0.2, 0.25) is 0 Å². The third kappa shape index (κ3) is 4.78. The van der Waals surface area contributed by atoms with E-state index < -0.39 is 12.8 Å². The summed E-state index contributed by atoms with van der Waals surface area (Å²) in [5.74, 6) is 1.26. The number of rotatable bonds is 6. The number of fused-ring (bicyclic) bond motifs is 1. The summed E-state index contributed by atoms with van der Waals surface area (Å²) in [5.41, 5.74) is 1.79. The molecule has 3 atom stereocenters. The fourth-order valence-electron chi connectivity index (χ4n) is 4.18. The Morgan fingerprint density at radius 3 is 2.57 bits per heavy atom. The highest BCUT2D eigenvalue weighted by Gasteiger charge is 2.59. The van der Waals surface area contributed by atoms with Gasteiger partial charge in [-0.25, -0.2) is 0 Å². The molecule has 0 bridgehead atoms. The van der Waals surface area contributed by atoms with Gasteiger partial charge in [0.1, 0.15) is 6.61 Å². The average molecular weight is 399 g/mol. The number of hydrogen-bond acceptors (Lipinski definition) is 3. The topological polar surface area (TPSA) is 54.9 Å². The second kappa shape index (κ2) is 8.29. The molecular formula is C20H28F3N3O2. The van der Waals surface area contributed by atoms with Crippen molar-refractivity contribution >= 4 is 5.96 Å². The average Bonchev–Trinajstić information content (AvgIpc) is 3.09. The van der Waals surface area contributed by atoms with Crippen LogP contribution in [-0.4, -0.2) is 44.5 Å². The Balaban J connectivity index is 1.46. The van der Waals surface area contributed by atoms with Crippen molar-refractivity contribution in [3.8, 4) is 0 Å². The van der Waals surface area contributed by atoms with Gasteiger partial charge < -0.3 is 20.1 Å². The van der Waals surface area contributed by atoms with Crippen molar-refractivity contribution in [3.05, 3.63) is 35.4 Å². The highest BCUT2D eigenvalue weighted by Crippen LogP contribution is 2.52. The van der Waals surface area contributed by atoms with Crippen molar-refractivity contribution in [1.29, 1.82) is 0 Å². The number of guanidine groups is 1. The number of benzene rings is 1. The molecule has 0 aromatic heterocycles. The largest absolute Gasteiger partial charge is 0.411 e. The molecule has 1 heterocycles. The highest BCUT2D eigenvalue weighted by atomic mass is 19.4. The molecule has 0 spiro atoms. The maximum absolute atomic E-state index is 12.1. The second-order valence-corrected chi connectivity index (χ2v) is 8.04. The number of nitrogens with one attached hydrogen (secondary N) is 2. The molecule has 1 saturated carbocycles. The lowest BCUT2D eigenvalue weighted by Gasteiger charge is -2.54. The van der Waals surface area contributed by atoms with E-state index in [9.17, 15) is 13.2 Å². The summed E-state index contributed by atoms with van der Waals surface area (Å²) in [6.07, 6.45) is -2.91. The van der Waals surface area contributed by atoms with Gasteiger partial charge in [0.25, 0.3) is 0 Å². The van der Waals surface area contributed by atoms with Gasteiger partial charge in [-0.1, -0.05) is 38.1 Å². The first-order valence-corrected chi connectivity index (χ1v) is 9.52. The first kappa shape index (κ1) is 20.9. The van der Waals surface area contributed by atoms with Crippen molar-refractivity contribution in [2.45, 2.75) is 51.7 Å². The van der Waals surface area contributed by atoms with Crippen LogP contribution in [-0.2, 0) is 22.6 Å². The van der Waals surface area contributed by atoms with E-state index in [1.165, 1.54) is 0 Å². The van der Waals surface area contributed by atoms with Crippen LogP contribution in [0.25, 0.3) is 0 Å². The first-order chi connectivity index (χ1) is 13.2. The highest BCUT2D eigenvalue weighted by molar-refractivity contribution is 5.80. The lowest BCUT2D eigenvalue weighted by atomic mass is 9.57. The SMILES string of the molecule is CN=C(NCc1ccc(COCC(F)(F)F)cc1)NC1C2CCOC2C1(C)C.